The Kier molecular flexibility index (Phi) is 4.12. The number of nitrogens with one attached hydrogen (secondary N) is 2. The van der Waals surface area contributed by atoms with Gasteiger partial charge >= 0.3 is 0 Å². The summed E-state index contributed by atoms with van der Waals surface area (Å²) in [5.74, 6) is 0.0542. The number of hydrogen-bond donors (Lipinski definition) is 2. The molecule has 26 heavy (non-hydrogen) atoms. The van der Waals surface area contributed by atoms with Gasteiger partial charge in [0, 0.05) is 32.2 Å². The summed E-state index contributed by atoms with van der Waals surface area (Å²) in [6, 6.07) is 5.19. The number of rotatable bonds is 3. The molecule has 1 aromatic heterocycles. The molecule has 8 heteroatoms. The minimum absolute atomic E-state index is 0.158. The first-order valence-electron chi connectivity index (χ1n) is 8.65. The van der Waals surface area contributed by atoms with Crippen LogP contribution in [0.25, 0.3) is 0 Å². The molecule has 0 saturated heterocycles. The van der Waals surface area contributed by atoms with E-state index in [-0.39, 0.29) is 11.8 Å². The normalized spacial score (nSPS) is 18.4. The number of amides is 2. The SMILES string of the molecule is CC1Oc2c(cccc2C(=O)N(C)Cc2cnn3c2CNCC3)NC1=O. The van der Waals surface area contributed by atoms with Gasteiger partial charge in [0.1, 0.15) is 0 Å². The van der Waals surface area contributed by atoms with E-state index in [1.165, 1.54) is 0 Å². The van der Waals surface area contributed by atoms with E-state index in [1.807, 2.05) is 10.9 Å². The highest BCUT2D eigenvalue weighted by Crippen LogP contribution is 2.34. The van der Waals surface area contributed by atoms with Crippen molar-refractivity contribution in [2.75, 3.05) is 18.9 Å². The van der Waals surface area contributed by atoms with E-state index in [9.17, 15) is 9.59 Å². The fourth-order valence-corrected chi connectivity index (χ4v) is 3.30. The van der Waals surface area contributed by atoms with Crippen LogP contribution in [0, 0.1) is 0 Å². The van der Waals surface area contributed by atoms with Crippen molar-refractivity contribution in [2.45, 2.75) is 32.7 Å². The molecule has 8 nitrogen and oxygen atoms in total. The molecule has 2 aliphatic heterocycles. The highest BCUT2D eigenvalue weighted by atomic mass is 16.5. The first kappa shape index (κ1) is 16.6. The van der Waals surface area contributed by atoms with Crippen LogP contribution >= 0.6 is 0 Å². The third-order valence-electron chi connectivity index (χ3n) is 4.75. The van der Waals surface area contributed by atoms with Gasteiger partial charge in [-0.25, -0.2) is 0 Å². The van der Waals surface area contributed by atoms with Crippen molar-refractivity contribution in [2.24, 2.45) is 0 Å². The van der Waals surface area contributed by atoms with Crippen LogP contribution in [0.5, 0.6) is 5.75 Å². The van der Waals surface area contributed by atoms with E-state index in [2.05, 4.69) is 15.7 Å². The lowest BCUT2D eigenvalue weighted by Gasteiger charge is -2.26. The molecule has 1 atom stereocenters. The predicted molar refractivity (Wildman–Crippen MR) is 94.9 cm³/mol. The molecule has 0 radical (unpaired) electrons. The van der Waals surface area contributed by atoms with Gasteiger partial charge in [0.05, 0.1) is 29.7 Å². The van der Waals surface area contributed by atoms with Gasteiger partial charge in [-0.1, -0.05) is 6.07 Å². The van der Waals surface area contributed by atoms with Gasteiger partial charge in [0.15, 0.2) is 11.9 Å². The quantitative estimate of drug-likeness (QED) is 0.857. The lowest BCUT2D eigenvalue weighted by atomic mass is 10.1. The van der Waals surface area contributed by atoms with E-state index >= 15 is 0 Å². The van der Waals surface area contributed by atoms with Crippen LogP contribution in [0.2, 0.25) is 0 Å². The molecule has 2 amide bonds. The average Bonchev–Trinajstić information content (AvgIpc) is 3.05. The smallest absolute Gasteiger partial charge is 0.265 e. The van der Waals surface area contributed by atoms with Gasteiger partial charge in [0.25, 0.3) is 11.8 Å². The number of hydrogen-bond acceptors (Lipinski definition) is 5. The summed E-state index contributed by atoms with van der Waals surface area (Å²) in [7, 11) is 1.76. The zero-order chi connectivity index (χ0) is 18.3. The molecule has 0 spiro atoms. The average molecular weight is 355 g/mol. The Morgan fingerprint density at radius 1 is 1.46 bits per heavy atom. The second kappa shape index (κ2) is 6.45. The molecule has 1 unspecified atom stereocenters. The van der Waals surface area contributed by atoms with Crippen LogP contribution in [0.3, 0.4) is 0 Å². The van der Waals surface area contributed by atoms with Crippen LogP contribution in [0.15, 0.2) is 24.4 Å². The summed E-state index contributed by atoms with van der Waals surface area (Å²) in [6.07, 6.45) is 1.20. The van der Waals surface area contributed by atoms with Crippen LogP contribution in [0.4, 0.5) is 5.69 Å². The molecule has 2 N–H and O–H groups in total. The van der Waals surface area contributed by atoms with E-state index in [0.717, 1.165) is 30.9 Å². The van der Waals surface area contributed by atoms with Crippen molar-refractivity contribution in [3.05, 3.63) is 41.2 Å². The second-order valence-electron chi connectivity index (χ2n) is 6.61. The maximum Gasteiger partial charge on any atom is 0.265 e. The van der Waals surface area contributed by atoms with Gasteiger partial charge in [-0.2, -0.15) is 5.10 Å². The summed E-state index contributed by atoms with van der Waals surface area (Å²) in [5, 5.41) is 10.5. The molecule has 2 aromatic rings. The molecular weight excluding hydrogens is 334 g/mol. The predicted octanol–water partition coefficient (Wildman–Crippen LogP) is 0.978. The Bertz CT molecular complexity index is 876. The number of fused-ring (bicyclic) bond motifs is 2. The van der Waals surface area contributed by atoms with Gasteiger partial charge in [-0.05, 0) is 19.1 Å². The number of benzene rings is 1. The van der Waals surface area contributed by atoms with Crippen LogP contribution in [0.1, 0.15) is 28.5 Å². The molecule has 4 rings (SSSR count). The van der Waals surface area contributed by atoms with Gasteiger partial charge in [-0.15, -0.1) is 0 Å². The van der Waals surface area contributed by atoms with Crippen molar-refractivity contribution in [1.29, 1.82) is 0 Å². The number of carbonyl (C=O) groups is 2. The highest BCUT2D eigenvalue weighted by molar-refractivity contribution is 6.03. The Balaban J connectivity index is 1.57. The van der Waals surface area contributed by atoms with Gasteiger partial charge in [-0.3, -0.25) is 14.3 Å². The molecule has 2 aliphatic rings. The monoisotopic (exact) mass is 355 g/mol. The summed E-state index contributed by atoms with van der Waals surface area (Å²) < 4.78 is 7.67. The molecular formula is C18H21N5O3. The lowest BCUT2D eigenvalue weighted by Crippen LogP contribution is -2.36. The summed E-state index contributed by atoms with van der Waals surface area (Å²) in [4.78, 5) is 26.4. The Morgan fingerprint density at radius 3 is 3.15 bits per heavy atom. The Labute approximate surface area is 151 Å². The van der Waals surface area contributed by atoms with Gasteiger partial charge in [0.2, 0.25) is 0 Å². The minimum atomic E-state index is -0.629. The molecule has 0 saturated carbocycles. The highest BCUT2D eigenvalue weighted by Gasteiger charge is 2.29. The molecule has 136 valence electrons. The maximum atomic E-state index is 13.0. The van der Waals surface area contributed by atoms with Crippen molar-refractivity contribution < 1.29 is 14.3 Å². The largest absolute Gasteiger partial charge is 0.478 e. The summed E-state index contributed by atoms with van der Waals surface area (Å²) >= 11 is 0. The Morgan fingerprint density at radius 2 is 2.31 bits per heavy atom. The fourth-order valence-electron chi connectivity index (χ4n) is 3.30. The Hall–Kier alpha value is -2.87. The molecule has 3 heterocycles. The van der Waals surface area contributed by atoms with Crippen LogP contribution in [-0.2, 0) is 24.4 Å². The zero-order valence-electron chi connectivity index (χ0n) is 14.8. The van der Waals surface area contributed by atoms with Crippen LogP contribution < -0.4 is 15.4 Å². The van der Waals surface area contributed by atoms with Crippen molar-refractivity contribution in [3.8, 4) is 5.75 Å². The number of para-hydroxylation sites is 1. The topological polar surface area (TPSA) is 88.5 Å². The van der Waals surface area contributed by atoms with E-state index in [0.29, 0.717) is 23.5 Å². The minimum Gasteiger partial charge on any atom is -0.478 e. The lowest BCUT2D eigenvalue weighted by molar-refractivity contribution is -0.122. The molecule has 0 aliphatic carbocycles. The third-order valence-corrected chi connectivity index (χ3v) is 4.75. The number of carbonyl (C=O) groups excluding carboxylic acids is 2. The standard InChI is InChI=1S/C18H21N5O3/c1-11-17(24)21-14-5-3-4-13(16(14)26-11)18(25)22(2)10-12-8-20-23-7-6-19-9-15(12)23/h3-5,8,11,19H,6-7,9-10H2,1-2H3,(H,21,24). The zero-order valence-corrected chi connectivity index (χ0v) is 14.8. The van der Waals surface area contributed by atoms with E-state index < -0.39 is 6.10 Å². The van der Waals surface area contributed by atoms with Crippen molar-refractivity contribution in [3.63, 3.8) is 0 Å². The van der Waals surface area contributed by atoms with Crippen molar-refractivity contribution >= 4 is 17.5 Å². The number of nitrogens with zero attached hydrogens (tertiary/aromatic N) is 3. The van der Waals surface area contributed by atoms with E-state index in [1.54, 1.807) is 37.1 Å². The van der Waals surface area contributed by atoms with E-state index in [4.69, 9.17) is 4.74 Å². The first-order chi connectivity index (χ1) is 12.5. The number of anilines is 1. The maximum absolute atomic E-state index is 13.0. The molecule has 1 aromatic carbocycles. The summed E-state index contributed by atoms with van der Waals surface area (Å²) in [6.45, 7) is 4.62. The van der Waals surface area contributed by atoms with Gasteiger partial charge < -0.3 is 20.3 Å². The molecule has 0 bridgehead atoms. The number of aromatic nitrogens is 2. The molecule has 0 fully saturated rings. The first-order valence-corrected chi connectivity index (χ1v) is 8.65. The second-order valence-corrected chi connectivity index (χ2v) is 6.61. The summed E-state index contributed by atoms with van der Waals surface area (Å²) in [5.41, 5.74) is 3.11. The fraction of sp³-hybridized carbons (Fsp3) is 0.389. The van der Waals surface area contributed by atoms with Crippen molar-refractivity contribution in [1.82, 2.24) is 20.0 Å². The van der Waals surface area contributed by atoms with Crippen LogP contribution in [-0.4, -0.2) is 46.2 Å². The third kappa shape index (κ3) is 2.82. The number of ether oxygens (including phenoxy) is 1.